The van der Waals surface area contributed by atoms with Crippen LogP contribution < -0.4 is 5.73 Å². The van der Waals surface area contributed by atoms with Crippen LogP contribution in [0.3, 0.4) is 0 Å². The first-order chi connectivity index (χ1) is 6.25. The van der Waals surface area contributed by atoms with Crippen LogP contribution in [0.25, 0.3) is 0 Å². The van der Waals surface area contributed by atoms with Gasteiger partial charge in [-0.15, -0.1) is 0 Å². The number of hydrogen-bond acceptors (Lipinski definition) is 2. The van der Waals surface area contributed by atoms with Crippen molar-refractivity contribution in [2.24, 2.45) is 11.7 Å². The molecule has 0 aromatic rings. The minimum absolute atomic E-state index is 0.738. The predicted octanol–water partition coefficient (Wildman–Crippen LogP) is 2.10. The lowest BCUT2D eigenvalue weighted by Gasteiger charge is -2.26. The van der Waals surface area contributed by atoms with Gasteiger partial charge in [0.05, 0.1) is 0 Å². The second-order valence-electron chi connectivity index (χ2n) is 3.95. The van der Waals surface area contributed by atoms with Gasteiger partial charge in [-0.05, 0) is 45.6 Å². The average molecular weight is 183 g/mol. The van der Waals surface area contributed by atoms with Gasteiger partial charge in [0.2, 0.25) is 0 Å². The molecule has 0 radical (unpaired) electrons. The highest BCUT2D eigenvalue weighted by Gasteiger charge is 2.18. The summed E-state index contributed by atoms with van der Waals surface area (Å²) in [4.78, 5) is 0. The van der Waals surface area contributed by atoms with Gasteiger partial charge in [-0.25, -0.2) is 0 Å². The summed E-state index contributed by atoms with van der Waals surface area (Å²) in [5.41, 5.74) is 8.64. The topological polar surface area (TPSA) is 35.2 Å². The molecule has 2 heteroatoms. The summed E-state index contributed by atoms with van der Waals surface area (Å²) in [6.45, 7) is 7.01. The second kappa shape index (κ2) is 5.40. The van der Waals surface area contributed by atoms with E-state index in [1.807, 2.05) is 0 Å². The summed E-state index contributed by atoms with van der Waals surface area (Å²) in [6.07, 6.45) is 3.42. The maximum atomic E-state index is 5.61. The molecule has 1 aliphatic rings. The van der Waals surface area contributed by atoms with Crippen LogP contribution in [0, 0.1) is 5.92 Å². The second-order valence-corrected chi connectivity index (χ2v) is 3.95. The fraction of sp³-hybridized carbons (Fsp3) is 0.818. The fourth-order valence-corrected chi connectivity index (χ4v) is 2.06. The summed E-state index contributed by atoms with van der Waals surface area (Å²) in [6, 6.07) is 0. The normalized spacial score (nSPS) is 18.7. The van der Waals surface area contributed by atoms with Crippen molar-refractivity contribution in [2.75, 3.05) is 19.8 Å². The first-order valence-corrected chi connectivity index (χ1v) is 5.19. The quantitative estimate of drug-likeness (QED) is 0.680. The molecule has 0 bridgehead atoms. The highest BCUT2D eigenvalue weighted by Crippen LogP contribution is 2.27. The molecule has 0 unspecified atom stereocenters. The Morgan fingerprint density at radius 2 is 1.92 bits per heavy atom. The van der Waals surface area contributed by atoms with E-state index in [1.54, 1.807) is 5.57 Å². The standard InChI is InChI=1S/C11H21NO/c1-9(2)11(3-6-12)10-4-7-13-8-5-10/h10H,3-8,12H2,1-2H3. The number of hydrogen-bond donors (Lipinski definition) is 1. The Labute approximate surface area is 81.1 Å². The first kappa shape index (κ1) is 10.7. The van der Waals surface area contributed by atoms with Crippen LogP contribution in [0.5, 0.6) is 0 Å². The van der Waals surface area contributed by atoms with E-state index in [-0.39, 0.29) is 0 Å². The highest BCUT2D eigenvalue weighted by molar-refractivity contribution is 5.14. The molecule has 0 saturated carbocycles. The zero-order valence-corrected chi connectivity index (χ0v) is 8.81. The molecule has 1 fully saturated rings. The Kier molecular flexibility index (Phi) is 4.46. The lowest BCUT2D eigenvalue weighted by atomic mass is 9.87. The van der Waals surface area contributed by atoms with E-state index in [1.165, 1.54) is 18.4 Å². The van der Waals surface area contributed by atoms with Crippen LogP contribution in [-0.4, -0.2) is 19.8 Å². The summed E-state index contributed by atoms with van der Waals surface area (Å²) in [7, 11) is 0. The third-order valence-corrected chi connectivity index (χ3v) is 2.77. The molecule has 0 aliphatic carbocycles. The van der Waals surface area contributed by atoms with E-state index < -0.39 is 0 Å². The fourth-order valence-electron chi connectivity index (χ4n) is 2.06. The summed E-state index contributed by atoms with van der Waals surface area (Å²) < 4.78 is 5.35. The lowest BCUT2D eigenvalue weighted by Crippen LogP contribution is -2.19. The highest BCUT2D eigenvalue weighted by atomic mass is 16.5. The minimum atomic E-state index is 0.738. The summed E-state index contributed by atoms with van der Waals surface area (Å²) >= 11 is 0. The van der Waals surface area contributed by atoms with Crippen molar-refractivity contribution in [2.45, 2.75) is 33.1 Å². The SMILES string of the molecule is CC(C)=C(CCN)C1CCOCC1. The summed E-state index contributed by atoms with van der Waals surface area (Å²) in [5.74, 6) is 0.738. The largest absolute Gasteiger partial charge is 0.381 e. The van der Waals surface area contributed by atoms with Crippen molar-refractivity contribution in [3.05, 3.63) is 11.1 Å². The molecule has 0 amide bonds. The zero-order valence-electron chi connectivity index (χ0n) is 8.81. The Morgan fingerprint density at radius 1 is 1.31 bits per heavy atom. The van der Waals surface area contributed by atoms with Crippen molar-refractivity contribution in [1.29, 1.82) is 0 Å². The van der Waals surface area contributed by atoms with Crippen LogP contribution in [0.4, 0.5) is 0 Å². The van der Waals surface area contributed by atoms with E-state index in [2.05, 4.69) is 13.8 Å². The smallest absolute Gasteiger partial charge is 0.0471 e. The molecule has 0 atom stereocenters. The van der Waals surface area contributed by atoms with Crippen molar-refractivity contribution in [3.63, 3.8) is 0 Å². The molecule has 13 heavy (non-hydrogen) atoms. The third-order valence-electron chi connectivity index (χ3n) is 2.77. The summed E-state index contributed by atoms with van der Waals surface area (Å²) in [5, 5.41) is 0. The van der Waals surface area contributed by atoms with Gasteiger partial charge >= 0.3 is 0 Å². The molecule has 0 aromatic carbocycles. The number of nitrogens with two attached hydrogens (primary N) is 1. The Bertz CT molecular complexity index is 177. The molecule has 2 nitrogen and oxygen atoms in total. The molecule has 1 aliphatic heterocycles. The molecule has 1 saturated heterocycles. The predicted molar refractivity (Wildman–Crippen MR) is 55.6 cm³/mol. The van der Waals surface area contributed by atoms with Crippen LogP contribution in [0.15, 0.2) is 11.1 Å². The van der Waals surface area contributed by atoms with Crippen molar-refractivity contribution >= 4 is 0 Å². The van der Waals surface area contributed by atoms with Crippen LogP contribution in [-0.2, 0) is 4.74 Å². The van der Waals surface area contributed by atoms with Gasteiger partial charge < -0.3 is 10.5 Å². The van der Waals surface area contributed by atoms with Crippen LogP contribution >= 0.6 is 0 Å². The maximum absolute atomic E-state index is 5.61. The van der Waals surface area contributed by atoms with Gasteiger partial charge in [0.1, 0.15) is 0 Å². The maximum Gasteiger partial charge on any atom is 0.0471 e. The third kappa shape index (κ3) is 3.12. The molecule has 2 N–H and O–H groups in total. The van der Waals surface area contributed by atoms with Gasteiger partial charge in [-0.3, -0.25) is 0 Å². The molecule has 76 valence electrons. The number of ether oxygens (including phenoxy) is 1. The Balaban J connectivity index is 2.58. The van der Waals surface area contributed by atoms with Crippen molar-refractivity contribution < 1.29 is 4.74 Å². The van der Waals surface area contributed by atoms with Gasteiger partial charge in [-0.2, -0.15) is 0 Å². The Hall–Kier alpha value is -0.340. The van der Waals surface area contributed by atoms with Gasteiger partial charge in [0, 0.05) is 13.2 Å². The van der Waals surface area contributed by atoms with Crippen LogP contribution in [0.2, 0.25) is 0 Å². The van der Waals surface area contributed by atoms with E-state index >= 15 is 0 Å². The van der Waals surface area contributed by atoms with Crippen molar-refractivity contribution in [1.82, 2.24) is 0 Å². The molecule has 0 aromatic heterocycles. The van der Waals surface area contributed by atoms with E-state index in [0.29, 0.717) is 0 Å². The van der Waals surface area contributed by atoms with Gasteiger partial charge in [-0.1, -0.05) is 11.1 Å². The molecule has 1 heterocycles. The molecule has 0 spiro atoms. The van der Waals surface area contributed by atoms with E-state index in [0.717, 1.165) is 32.1 Å². The monoisotopic (exact) mass is 183 g/mol. The molecule has 1 rings (SSSR count). The van der Waals surface area contributed by atoms with E-state index in [4.69, 9.17) is 10.5 Å². The number of rotatable bonds is 3. The van der Waals surface area contributed by atoms with E-state index in [9.17, 15) is 0 Å². The average Bonchev–Trinajstić information content (AvgIpc) is 2.15. The Morgan fingerprint density at radius 3 is 2.38 bits per heavy atom. The first-order valence-electron chi connectivity index (χ1n) is 5.19. The zero-order chi connectivity index (χ0) is 9.68. The van der Waals surface area contributed by atoms with Gasteiger partial charge in [0.15, 0.2) is 0 Å². The molecular formula is C11H21NO. The van der Waals surface area contributed by atoms with Gasteiger partial charge in [0.25, 0.3) is 0 Å². The molecular weight excluding hydrogens is 162 g/mol. The number of allylic oxidation sites excluding steroid dienone is 1. The minimum Gasteiger partial charge on any atom is -0.381 e. The van der Waals surface area contributed by atoms with Crippen LogP contribution in [0.1, 0.15) is 33.1 Å². The lowest BCUT2D eigenvalue weighted by molar-refractivity contribution is 0.0747. The van der Waals surface area contributed by atoms with Crippen molar-refractivity contribution in [3.8, 4) is 0 Å².